The number of carbonyl (C=O) groups is 1. The summed E-state index contributed by atoms with van der Waals surface area (Å²) in [5.74, 6) is 1.21. The minimum Gasteiger partial charge on any atom is -0.495 e. The lowest BCUT2D eigenvalue weighted by Gasteiger charge is -2.31. The first-order valence-corrected chi connectivity index (χ1v) is 9.60. The van der Waals surface area contributed by atoms with Gasteiger partial charge in [-0.1, -0.05) is 12.1 Å². The number of amides is 2. The fraction of sp³-hybridized carbons (Fsp3) is 0.421. The lowest BCUT2D eigenvalue weighted by molar-refractivity contribution is 0.176. The third-order valence-corrected chi connectivity index (χ3v) is 5.33. The van der Waals surface area contributed by atoms with E-state index in [1.165, 1.54) is 5.56 Å². The number of hydrogen-bond donors (Lipinski definition) is 2. The van der Waals surface area contributed by atoms with Gasteiger partial charge in [-0.15, -0.1) is 0 Å². The maximum atomic E-state index is 12.1. The zero-order chi connectivity index (χ0) is 17.5. The van der Waals surface area contributed by atoms with E-state index >= 15 is 0 Å². The van der Waals surface area contributed by atoms with Crippen LogP contribution in [0, 0.1) is 5.92 Å². The topological polar surface area (TPSA) is 53.6 Å². The van der Waals surface area contributed by atoms with E-state index in [4.69, 9.17) is 4.74 Å². The molecule has 0 spiro atoms. The van der Waals surface area contributed by atoms with Gasteiger partial charge >= 0.3 is 6.03 Å². The van der Waals surface area contributed by atoms with Crippen LogP contribution in [-0.4, -0.2) is 37.7 Å². The molecule has 2 amide bonds. The SMILES string of the molecule is COc1ccccc1NC(=O)NCC1CCN(Cc2ccsc2)CC1. The van der Waals surface area contributed by atoms with Crippen molar-refractivity contribution in [2.75, 3.05) is 32.1 Å². The third kappa shape index (κ3) is 5.21. The number of carbonyl (C=O) groups excluding carboxylic acids is 1. The molecule has 2 N–H and O–H groups in total. The number of likely N-dealkylation sites (tertiary alicyclic amines) is 1. The lowest BCUT2D eigenvalue weighted by Crippen LogP contribution is -2.39. The average molecular weight is 359 g/mol. The second-order valence-electron chi connectivity index (χ2n) is 6.39. The Balaban J connectivity index is 1.38. The predicted octanol–water partition coefficient (Wildman–Crippen LogP) is 3.79. The van der Waals surface area contributed by atoms with Gasteiger partial charge in [0, 0.05) is 13.1 Å². The van der Waals surface area contributed by atoms with Crippen LogP contribution in [0.2, 0.25) is 0 Å². The van der Waals surface area contributed by atoms with Gasteiger partial charge in [0.25, 0.3) is 0 Å². The summed E-state index contributed by atoms with van der Waals surface area (Å²) in [6, 6.07) is 9.44. The number of rotatable bonds is 6. The van der Waals surface area contributed by atoms with Gasteiger partial charge in [0.05, 0.1) is 12.8 Å². The van der Waals surface area contributed by atoms with Gasteiger partial charge in [-0.2, -0.15) is 11.3 Å². The van der Waals surface area contributed by atoms with E-state index in [1.807, 2.05) is 24.3 Å². The summed E-state index contributed by atoms with van der Waals surface area (Å²) < 4.78 is 5.25. The number of thiophene rings is 1. The molecule has 25 heavy (non-hydrogen) atoms. The molecule has 134 valence electrons. The Morgan fingerprint density at radius 1 is 1.28 bits per heavy atom. The lowest BCUT2D eigenvalue weighted by atomic mass is 9.96. The number of benzene rings is 1. The fourth-order valence-corrected chi connectivity index (χ4v) is 3.80. The summed E-state index contributed by atoms with van der Waals surface area (Å²) in [7, 11) is 1.60. The van der Waals surface area contributed by atoms with Gasteiger partial charge in [0.2, 0.25) is 0 Å². The van der Waals surface area contributed by atoms with E-state index in [2.05, 4.69) is 32.4 Å². The number of methoxy groups -OCH3 is 1. The molecular weight excluding hydrogens is 334 g/mol. The molecule has 2 aromatic rings. The third-order valence-electron chi connectivity index (χ3n) is 4.60. The van der Waals surface area contributed by atoms with Crippen LogP contribution >= 0.6 is 11.3 Å². The summed E-state index contributed by atoms with van der Waals surface area (Å²) in [6.07, 6.45) is 2.25. The van der Waals surface area contributed by atoms with Crippen molar-refractivity contribution in [1.82, 2.24) is 10.2 Å². The first-order chi connectivity index (χ1) is 12.2. The second-order valence-corrected chi connectivity index (χ2v) is 7.17. The predicted molar refractivity (Wildman–Crippen MR) is 102 cm³/mol. The van der Waals surface area contributed by atoms with E-state index in [0.29, 0.717) is 23.9 Å². The van der Waals surface area contributed by atoms with Gasteiger partial charge in [-0.05, 0) is 66.4 Å². The molecule has 1 aromatic heterocycles. The Kier molecular flexibility index (Phi) is 6.30. The fourth-order valence-electron chi connectivity index (χ4n) is 3.14. The molecular formula is C19H25N3O2S. The number of para-hydroxylation sites is 2. The molecule has 2 heterocycles. The van der Waals surface area contributed by atoms with Crippen molar-refractivity contribution in [3.63, 3.8) is 0 Å². The zero-order valence-electron chi connectivity index (χ0n) is 14.5. The van der Waals surface area contributed by atoms with Crippen molar-refractivity contribution >= 4 is 23.1 Å². The molecule has 0 bridgehead atoms. The Bertz CT molecular complexity index is 667. The van der Waals surface area contributed by atoms with Crippen LogP contribution in [0.5, 0.6) is 5.75 Å². The molecule has 0 saturated carbocycles. The van der Waals surface area contributed by atoms with Gasteiger partial charge in [0.15, 0.2) is 0 Å². The first kappa shape index (κ1) is 17.8. The number of hydrogen-bond acceptors (Lipinski definition) is 4. The Morgan fingerprint density at radius 3 is 2.80 bits per heavy atom. The summed E-state index contributed by atoms with van der Waals surface area (Å²) in [5, 5.41) is 10.2. The van der Waals surface area contributed by atoms with Crippen molar-refractivity contribution in [3.8, 4) is 5.75 Å². The first-order valence-electron chi connectivity index (χ1n) is 8.66. The minimum atomic E-state index is -0.176. The van der Waals surface area contributed by atoms with Crippen LogP contribution in [0.15, 0.2) is 41.1 Å². The number of anilines is 1. The van der Waals surface area contributed by atoms with Crippen molar-refractivity contribution in [3.05, 3.63) is 46.7 Å². The Labute approximate surface area is 153 Å². The standard InChI is InChI=1S/C19H25N3O2S/c1-24-18-5-3-2-4-17(18)21-19(23)20-12-15-6-9-22(10-7-15)13-16-8-11-25-14-16/h2-5,8,11,14-15H,6-7,9-10,12-13H2,1H3,(H2,20,21,23). The van der Waals surface area contributed by atoms with Crippen LogP contribution in [-0.2, 0) is 6.54 Å². The monoisotopic (exact) mass is 359 g/mol. The van der Waals surface area contributed by atoms with Gasteiger partial charge in [-0.25, -0.2) is 4.79 Å². The molecule has 6 heteroatoms. The molecule has 0 unspecified atom stereocenters. The van der Waals surface area contributed by atoms with E-state index in [-0.39, 0.29) is 6.03 Å². The Morgan fingerprint density at radius 2 is 2.08 bits per heavy atom. The van der Waals surface area contributed by atoms with E-state index in [0.717, 1.165) is 32.5 Å². The maximum absolute atomic E-state index is 12.1. The van der Waals surface area contributed by atoms with E-state index < -0.39 is 0 Å². The van der Waals surface area contributed by atoms with Gasteiger partial charge < -0.3 is 15.4 Å². The van der Waals surface area contributed by atoms with E-state index in [9.17, 15) is 4.79 Å². The minimum absolute atomic E-state index is 0.176. The molecule has 1 saturated heterocycles. The van der Waals surface area contributed by atoms with Crippen molar-refractivity contribution < 1.29 is 9.53 Å². The summed E-state index contributed by atoms with van der Waals surface area (Å²) in [5.41, 5.74) is 2.09. The summed E-state index contributed by atoms with van der Waals surface area (Å²) in [6.45, 7) is 3.94. The van der Waals surface area contributed by atoms with Gasteiger partial charge in [0.1, 0.15) is 5.75 Å². The molecule has 1 aliphatic heterocycles. The Hall–Kier alpha value is -2.05. The van der Waals surface area contributed by atoms with Crippen LogP contribution in [0.3, 0.4) is 0 Å². The smallest absolute Gasteiger partial charge is 0.319 e. The molecule has 5 nitrogen and oxygen atoms in total. The van der Waals surface area contributed by atoms with Crippen molar-refractivity contribution in [2.24, 2.45) is 5.92 Å². The largest absolute Gasteiger partial charge is 0.495 e. The van der Waals surface area contributed by atoms with Crippen LogP contribution in [0.25, 0.3) is 0 Å². The zero-order valence-corrected chi connectivity index (χ0v) is 15.3. The quantitative estimate of drug-likeness (QED) is 0.825. The number of nitrogens with zero attached hydrogens (tertiary/aromatic N) is 1. The normalized spacial score (nSPS) is 15.7. The molecule has 0 aliphatic carbocycles. The van der Waals surface area contributed by atoms with E-state index in [1.54, 1.807) is 18.4 Å². The highest BCUT2D eigenvalue weighted by Gasteiger charge is 2.20. The number of urea groups is 1. The second kappa shape index (κ2) is 8.87. The maximum Gasteiger partial charge on any atom is 0.319 e. The number of piperidine rings is 1. The molecule has 1 fully saturated rings. The average Bonchev–Trinajstić information content (AvgIpc) is 3.15. The van der Waals surface area contributed by atoms with Crippen molar-refractivity contribution in [2.45, 2.75) is 19.4 Å². The number of nitrogens with one attached hydrogen (secondary N) is 2. The highest BCUT2D eigenvalue weighted by molar-refractivity contribution is 7.07. The molecule has 1 aromatic carbocycles. The molecule has 1 aliphatic rings. The number of ether oxygens (including phenoxy) is 1. The van der Waals surface area contributed by atoms with Crippen LogP contribution < -0.4 is 15.4 Å². The van der Waals surface area contributed by atoms with Gasteiger partial charge in [-0.3, -0.25) is 4.90 Å². The van der Waals surface area contributed by atoms with Crippen molar-refractivity contribution in [1.29, 1.82) is 0 Å². The van der Waals surface area contributed by atoms with Crippen LogP contribution in [0.4, 0.5) is 10.5 Å². The van der Waals surface area contributed by atoms with Crippen LogP contribution in [0.1, 0.15) is 18.4 Å². The summed E-state index contributed by atoms with van der Waals surface area (Å²) in [4.78, 5) is 14.6. The highest BCUT2D eigenvalue weighted by atomic mass is 32.1. The molecule has 3 rings (SSSR count). The summed E-state index contributed by atoms with van der Waals surface area (Å²) >= 11 is 1.75. The molecule has 0 atom stereocenters. The highest BCUT2D eigenvalue weighted by Crippen LogP contribution is 2.23. The molecule has 0 radical (unpaired) electrons.